The van der Waals surface area contributed by atoms with Crippen LogP contribution in [0.25, 0.3) is 6.08 Å². The van der Waals surface area contributed by atoms with Crippen LogP contribution in [0, 0.1) is 6.92 Å². The van der Waals surface area contributed by atoms with E-state index < -0.39 is 11.9 Å². The van der Waals surface area contributed by atoms with Gasteiger partial charge in [-0.2, -0.15) is 0 Å². The van der Waals surface area contributed by atoms with Crippen LogP contribution in [0.4, 0.5) is 0 Å². The smallest absolute Gasteiger partial charge is 0.343 e. The average Bonchev–Trinajstić information content (AvgIpc) is 3.45. The minimum Gasteiger partial charge on any atom is -0.465 e. The maximum absolute atomic E-state index is 12.8. The lowest BCUT2D eigenvalue weighted by atomic mass is 10.1. The molecule has 2 aliphatic heterocycles. The standard InChI is InChI=1S/C26H18O8/c1-14-19(34-26(29)17-7-9-20-21(12-17)32-13-31-20)10-8-18-23(27)22(33-24(14)18)11-15-3-5-16(6-4-15)25(28)30-2/h3-12H,13H2,1-2H3/b22-11-. The molecule has 8 nitrogen and oxygen atoms in total. The number of ether oxygens (including phenoxy) is 5. The molecule has 3 aromatic carbocycles. The minimum atomic E-state index is -0.577. The van der Waals surface area contributed by atoms with Crippen molar-refractivity contribution in [2.45, 2.75) is 6.92 Å². The Kier molecular flexibility index (Phi) is 5.25. The van der Waals surface area contributed by atoms with Crippen molar-refractivity contribution in [1.82, 2.24) is 0 Å². The highest BCUT2D eigenvalue weighted by Crippen LogP contribution is 2.40. The Hall–Kier alpha value is -4.59. The fourth-order valence-electron chi connectivity index (χ4n) is 3.65. The van der Waals surface area contributed by atoms with Crippen LogP contribution in [0.3, 0.4) is 0 Å². The van der Waals surface area contributed by atoms with Crippen LogP contribution in [0.15, 0.2) is 60.4 Å². The summed E-state index contributed by atoms with van der Waals surface area (Å²) in [6.45, 7) is 1.82. The third kappa shape index (κ3) is 3.75. The largest absolute Gasteiger partial charge is 0.465 e. The van der Waals surface area contributed by atoms with E-state index in [0.717, 1.165) is 0 Å². The zero-order valence-electron chi connectivity index (χ0n) is 18.2. The normalized spacial score (nSPS) is 14.5. The number of allylic oxidation sites excluding steroid dienone is 1. The minimum absolute atomic E-state index is 0.106. The Labute approximate surface area is 194 Å². The maximum atomic E-state index is 12.8. The molecule has 34 heavy (non-hydrogen) atoms. The van der Waals surface area contributed by atoms with E-state index in [9.17, 15) is 14.4 Å². The van der Waals surface area contributed by atoms with Crippen molar-refractivity contribution in [3.05, 3.63) is 88.2 Å². The lowest BCUT2D eigenvalue weighted by Crippen LogP contribution is -2.09. The summed E-state index contributed by atoms with van der Waals surface area (Å²) in [5, 5.41) is 0. The number of hydrogen-bond donors (Lipinski definition) is 0. The molecule has 0 fully saturated rings. The first-order chi connectivity index (χ1) is 16.4. The van der Waals surface area contributed by atoms with E-state index in [4.69, 9.17) is 18.9 Å². The van der Waals surface area contributed by atoms with Crippen LogP contribution in [0.1, 0.15) is 42.2 Å². The number of benzene rings is 3. The zero-order valence-corrected chi connectivity index (χ0v) is 18.2. The van der Waals surface area contributed by atoms with Crippen LogP contribution in [0.2, 0.25) is 0 Å². The first-order valence-corrected chi connectivity index (χ1v) is 10.3. The van der Waals surface area contributed by atoms with Gasteiger partial charge in [0, 0.05) is 5.56 Å². The van der Waals surface area contributed by atoms with Crippen molar-refractivity contribution in [2.24, 2.45) is 0 Å². The monoisotopic (exact) mass is 458 g/mol. The number of rotatable bonds is 4. The molecular weight excluding hydrogens is 440 g/mol. The summed E-state index contributed by atoms with van der Waals surface area (Å²) in [7, 11) is 1.31. The second-order valence-electron chi connectivity index (χ2n) is 7.58. The third-order valence-corrected chi connectivity index (χ3v) is 5.48. The number of esters is 2. The van der Waals surface area contributed by atoms with Gasteiger partial charge in [0.2, 0.25) is 12.6 Å². The molecule has 0 radical (unpaired) electrons. The number of hydrogen-bond acceptors (Lipinski definition) is 8. The molecular formula is C26H18O8. The van der Waals surface area contributed by atoms with E-state index in [2.05, 4.69) is 4.74 Å². The average molecular weight is 458 g/mol. The number of methoxy groups -OCH3 is 1. The molecule has 5 rings (SSSR count). The Morgan fingerprint density at radius 2 is 1.65 bits per heavy atom. The summed E-state index contributed by atoms with van der Waals surface area (Å²) in [6, 6.07) is 14.5. The van der Waals surface area contributed by atoms with Crippen molar-refractivity contribution in [3.63, 3.8) is 0 Å². The lowest BCUT2D eigenvalue weighted by Gasteiger charge is -2.10. The zero-order chi connectivity index (χ0) is 23.8. The van der Waals surface area contributed by atoms with E-state index in [1.54, 1.807) is 67.6 Å². The van der Waals surface area contributed by atoms with Gasteiger partial charge >= 0.3 is 11.9 Å². The molecule has 2 heterocycles. The van der Waals surface area contributed by atoms with Gasteiger partial charge in [-0.15, -0.1) is 0 Å². The second-order valence-corrected chi connectivity index (χ2v) is 7.58. The summed E-state index contributed by atoms with van der Waals surface area (Å²) in [6.07, 6.45) is 1.58. The van der Waals surface area contributed by atoms with E-state index in [1.807, 2.05) is 0 Å². The Morgan fingerprint density at radius 1 is 0.912 bits per heavy atom. The molecule has 0 saturated carbocycles. The fraction of sp³-hybridized carbons (Fsp3) is 0.115. The van der Waals surface area contributed by atoms with Gasteiger partial charge in [-0.25, -0.2) is 9.59 Å². The molecule has 0 spiro atoms. The highest BCUT2D eigenvalue weighted by molar-refractivity contribution is 6.15. The van der Waals surface area contributed by atoms with Gasteiger partial charge < -0.3 is 23.7 Å². The topological polar surface area (TPSA) is 97.4 Å². The van der Waals surface area contributed by atoms with Crippen LogP contribution in [-0.2, 0) is 4.74 Å². The highest BCUT2D eigenvalue weighted by Gasteiger charge is 2.31. The molecule has 8 heteroatoms. The van der Waals surface area contributed by atoms with Crippen LogP contribution < -0.4 is 18.9 Å². The Morgan fingerprint density at radius 3 is 2.41 bits per heavy atom. The molecule has 0 unspecified atom stereocenters. The number of carbonyl (C=O) groups excluding carboxylic acids is 3. The van der Waals surface area contributed by atoms with E-state index in [1.165, 1.54) is 7.11 Å². The van der Waals surface area contributed by atoms with Crippen molar-refractivity contribution in [3.8, 4) is 23.0 Å². The molecule has 2 aliphatic rings. The summed E-state index contributed by atoms with van der Waals surface area (Å²) in [5.74, 6) is 0.466. The summed E-state index contributed by atoms with van der Waals surface area (Å²) < 4.78 is 26.6. The van der Waals surface area contributed by atoms with E-state index in [-0.39, 0.29) is 24.1 Å². The lowest BCUT2D eigenvalue weighted by molar-refractivity contribution is 0.0600. The molecule has 0 aliphatic carbocycles. The molecule has 3 aromatic rings. The van der Waals surface area contributed by atoms with Crippen molar-refractivity contribution >= 4 is 23.8 Å². The van der Waals surface area contributed by atoms with Gasteiger partial charge in [-0.05, 0) is 61.0 Å². The molecule has 170 valence electrons. The van der Waals surface area contributed by atoms with Gasteiger partial charge in [-0.3, -0.25) is 4.79 Å². The molecule has 0 atom stereocenters. The van der Waals surface area contributed by atoms with Gasteiger partial charge in [0.15, 0.2) is 17.3 Å². The molecule has 0 aromatic heterocycles. The van der Waals surface area contributed by atoms with Crippen LogP contribution in [0.5, 0.6) is 23.0 Å². The fourth-order valence-corrected chi connectivity index (χ4v) is 3.65. The number of ketones is 1. The van der Waals surface area contributed by atoms with Gasteiger partial charge in [-0.1, -0.05) is 12.1 Å². The predicted molar refractivity (Wildman–Crippen MR) is 119 cm³/mol. The van der Waals surface area contributed by atoms with E-state index >= 15 is 0 Å². The number of carbonyl (C=O) groups is 3. The first kappa shape index (κ1) is 21.3. The Bertz CT molecular complexity index is 1370. The molecule has 0 bridgehead atoms. The predicted octanol–water partition coefficient (Wildman–Crippen LogP) is 4.35. The Balaban J connectivity index is 1.36. The quantitative estimate of drug-likeness (QED) is 0.324. The summed E-state index contributed by atoms with van der Waals surface area (Å²) >= 11 is 0. The highest BCUT2D eigenvalue weighted by atomic mass is 16.7. The van der Waals surface area contributed by atoms with Crippen LogP contribution in [-0.4, -0.2) is 31.6 Å². The second kappa shape index (κ2) is 8.40. The van der Waals surface area contributed by atoms with Crippen LogP contribution >= 0.6 is 0 Å². The van der Waals surface area contributed by atoms with Crippen molar-refractivity contribution in [2.75, 3.05) is 13.9 Å². The third-order valence-electron chi connectivity index (χ3n) is 5.48. The maximum Gasteiger partial charge on any atom is 0.343 e. The van der Waals surface area contributed by atoms with Crippen molar-refractivity contribution < 1.29 is 38.1 Å². The van der Waals surface area contributed by atoms with Gasteiger partial charge in [0.05, 0.1) is 23.8 Å². The molecule has 0 N–H and O–H groups in total. The summed E-state index contributed by atoms with van der Waals surface area (Å²) in [5.41, 5.74) is 2.27. The van der Waals surface area contributed by atoms with E-state index in [0.29, 0.717) is 45.1 Å². The SMILES string of the molecule is COC(=O)c1ccc(/C=C2\Oc3c(ccc(OC(=O)c4ccc5c(c4)OCO5)c3C)C2=O)cc1. The number of Topliss-reactive ketones (excluding diaryl/α,β-unsaturated/α-hetero) is 1. The first-order valence-electron chi connectivity index (χ1n) is 10.3. The summed E-state index contributed by atoms with van der Waals surface area (Å²) in [4.78, 5) is 37.1. The molecule has 0 saturated heterocycles. The van der Waals surface area contributed by atoms with Crippen molar-refractivity contribution in [1.29, 1.82) is 0 Å². The van der Waals surface area contributed by atoms with Gasteiger partial charge in [0.1, 0.15) is 11.5 Å². The molecule has 0 amide bonds. The van der Waals surface area contributed by atoms with Gasteiger partial charge in [0.25, 0.3) is 0 Å². The number of fused-ring (bicyclic) bond motifs is 2.